The maximum Gasteiger partial charge on any atom is 0.321 e. The summed E-state index contributed by atoms with van der Waals surface area (Å²) in [7, 11) is 0. The van der Waals surface area contributed by atoms with Gasteiger partial charge in [0.2, 0.25) is 0 Å². The summed E-state index contributed by atoms with van der Waals surface area (Å²) in [5, 5.41) is 17.6. The van der Waals surface area contributed by atoms with Crippen LogP contribution in [0.25, 0.3) is 0 Å². The van der Waals surface area contributed by atoms with Gasteiger partial charge in [-0.15, -0.1) is 0 Å². The molecule has 2 N–H and O–H groups in total. The summed E-state index contributed by atoms with van der Waals surface area (Å²) in [6, 6.07) is -0.504. The minimum Gasteiger partial charge on any atom is -0.480 e. The van der Waals surface area contributed by atoms with Gasteiger partial charge in [0.15, 0.2) is 0 Å². The highest BCUT2D eigenvalue weighted by atomic mass is 127. The normalized spacial score (nSPS) is 34.6. The SMILES string of the molecule is O=C(O)[C@@H]1C[C@@H](O)CN1I. The Morgan fingerprint density at radius 3 is 2.50 bits per heavy atom. The lowest BCUT2D eigenvalue weighted by atomic mass is 10.2. The molecular weight excluding hydrogens is 249 g/mol. The van der Waals surface area contributed by atoms with Crippen molar-refractivity contribution in [3.8, 4) is 0 Å². The predicted molar refractivity (Wildman–Crippen MR) is 42.8 cm³/mol. The van der Waals surface area contributed by atoms with Gasteiger partial charge in [0.1, 0.15) is 6.04 Å². The number of aliphatic hydroxyl groups excluding tert-OH is 1. The summed E-state index contributed by atoms with van der Waals surface area (Å²) in [5.41, 5.74) is 0. The van der Waals surface area contributed by atoms with Crippen molar-refractivity contribution in [1.82, 2.24) is 3.11 Å². The number of β-amino-alcohol motifs (C(OH)–C–C–N with tert-alkyl or cyclic N) is 1. The Morgan fingerprint density at radius 1 is 1.70 bits per heavy atom. The summed E-state index contributed by atoms with van der Waals surface area (Å²) < 4.78 is 1.62. The predicted octanol–water partition coefficient (Wildman–Crippen LogP) is -0.144. The number of carbonyl (C=O) groups is 1. The fourth-order valence-electron chi connectivity index (χ4n) is 0.996. The Balaban J connectivity index is 2.54. The molecule has 0 radical (unpaired) electrons. The van der Waals surface area contributed by atoms with E-state index in [4.69, 9.17) is 10.2 Å². The summed E-state index contributed by atoms with van der Waals surface area (Å²) in [5.74, 6) is -0.856. The molecule has 1 aliphatic rings. The second kappa shape index (κ2) is 3.02. The molecule has 0 amide bonds. The van der Waals surface area contributed by atoms with E-state index < -0.39 is 18.1 Å². The van der Waals surface area contributed by atoms with E-state index in [9.17, 15) is 4.79 Å². The van der Waals surface area contributed by atoms with Gasteiger partial charge in [-0.3, -0.25) is 4.79 Å². The first-order chi connectivity index (χ1) is 4.61. The molecule has 2 atom stereocenters. The molecule has 10 heavy (non-hydrogen) atoms. The first kappa shape index (κ1) is 8.22. The Bertz CT molecular complexity index is 152. The van der Waals surface area contributed by atoms with E-state index in [0.717, 1.165) is 0 Å². The summed E-state index contributed by atoms with van der Waals surface area (Å²) in [6.45, 7) is 0.456. The van der Waals surface area contributed by atoms with Crippen LogP contribution >= 0.6 is 22.9 Å². The van der Waals surface area contributed by atoms with Gasteiger partial charge in [-0.25, -0.2) is 3.11 Å². The average Bonchev–Trinajstić information content (AvgIpc) is 2.10. The lowest BCUT2D eigenvalue weighted by molar-refractivity contribution is -0.140. The van der Waals surface area contributed by atoms with E-state index in [-0.39, 0.29) is 0 Å². The zero-order valence-electron chi connectivity index (χ0n) is 5.20. The number of hydrogen-bond acceptors (Lipinski definition) is 3. The Kier molecular flexibility index (Phi) is 2.48. The number of nitrogens with zero attached hydrogens (tertiary/aromatic N) is 1. The zero-order valence-corrected chi connectivity index (χ0v) is 7.35. The van der Waals surface area contributed by atoms with Crippen molar-refractivity contribution >= 4 is 28.8 Å². The minimum absolute atomic E-state index is 0.346. The van der Waals surface area contributed by atoms with Crippen molar-refractivity contribution in [3.05, 3.63) is 0 Å². The molecule has 0 aromatic rings. The van der Waals surface area contributed by atoms with Crippen LogP contribution < -0.4 is 0 Å². The molecule has 1 saturated heterocycles. The quantitative estimate of drug-likeness (QED) is 0.507. The van der Waals surface area contributed by atoms with Crippen LogP contribution in [0, 0.1) is 0 Å². The molecule has 1 fully saturated rings. The maximum atomic E-state index is 10.4. The van der Waals surface area contributed by atoms with Crippen molar-refractivity contribution in [2.45, 2.75) is 18.6 Å². The standard InChI is InChI=1S/C5H8INO3/c6-7-2-3(8)1-4(7)5(9)10/h3-4,8H,1-2H2,(H,9,10)/t3-,4+/m1/s1. The monoisotopic (exact) mass is 257 g/mol. The van der Waals surface area contributed by atoms with Gasteiger partial charge < -0.3 is 10.2 Å². The fraction of sp³-hybridized carbons (Fsp3) is 0.800. The van der Waals surface area contributed by atoms with Gasteiger partial charge in [0.25, 0.3) is 0 Å². The van der Waals surface area contributed by atoms with Gasteiger partial charge in [0.05, 0.1) is 6.10 Å². The van der Waals surface area contributed by atoms with Crippen LogP contribution in [-0.2, 0) is 4.79 Å². The Hall–Kier alpha value is 0.120. The summed E-state index contributed by atoms with van der Waals surface area (Å²) in [4.78, 5) is 10.4. The van der Waals surface area contributed by atoms with E-state index in [2.05, 4.69) is 0 Å². The lowest BCUT2D eigenvalue weighted by Gasteiger charge is -2.10. The Morgan fingerprint density at radius 2 is 2.30 bits per heavy atom. The minimum atomic E-state index is -0.856. The fourth-order valence-corrected chi connectivity index (χ4v) is 1.92. The highest BCUT2D eigenvalue weighted by molar-refractivity contribution is 14.1. The van der Waals surface area contributed by atoms with Crippen LogP contribution in [0.5, 0.6) is 0 Å². The van der Waals surface area contributed by atoms with Crippen LogP contribution in [-0.4, -0.2) is 38.0 Å². The van der Waals surface area contributed by atoms with E-state index in [1.165, 1.54) is 0 Å². The van der Waals surface area contributed by atoms with Crippen molar-refractivity contribution in [1.29, 1.82) is 0 Å². The molecule has 0 spiro atoms. The molecule has 0 aromatic heterocycles. The third-order valence-corrected chi connectivity index (χ3v) is 2.57. The van der Waals surface area contributed by atoms with Gasteiger partial charge >= 0.3 is 5.97 Å². The molecule has 0 unspecified atom stereocenters. The molecule has 4 nitrogen and oxygen atoms in total. The maximum absolute atomic E-state index is 10.4. The molecule has 0 aromatic carbocycles. The van der Waals surface area contributed by atoms with Crippen LogP contribution in [0.1, 0.15) is 6.42 Å². The largest absolute Gasteiger partial charge is 0.480 e. The topological polar surface area (TPSA) is 60.8 Å². The highest BCUT2D eigenvalue weighted by Crippen LogP contribution is 2.21. The smallest absolute Gasteiger partial charge is 0.321 e. The van der Waals surface area contributed by atoms with Gasteiger partial charge in [-0.05, 0) is 0 Å². The van der Waals surface area contributed by atoms with Gasteiger partial charge in [0, 0.05) is 35.8 Å². The number of aliphatic hydroxyl groups is 1. The van der Waals surface area contributed by atoms with E-state index in [0.29, 0.717) is 13.0 Å². The second-order valence-electron chi connectivity index (χ2n) is 2.33. The Labute approximate surface area is 72.3 Å². The molecule has 0 bridgehead atoms. The van der Waals surface area contributed by atoms with E-state index in [1.54, 1.807) is 3.11 Å². The highest BCUT2D eigenvalue weighted by Gasteiger charge is 2.34. The van der Waals surface area contributed by atoms with Crippen LogP contribution in [0.2, 0.25) is 0 Å². The second-order valence-corrected chi connectivity index (χ2v) is 3.57. The lowest BCUT2D eigenvalue weighted by Crippen LogP contribution is -2.27. The van der Waals surface area contributed by atoms with Crippen molar-refractivity contribution in [3.63, 3.8) is 0 Å². The van der Waals surface area contributed by atoms with Crippen LogP contribution in [0.15, 0.2) is 0 Å². The summed E-state index contributed by atoms with van der Waals surface area (Å²) >= 11 is 1.92. The van der Waals surface area contributed by atoms with Gasteiger partial charge in [-0.1, -0.05) is 0 Å². The molecular formula is C5H8INO3. The third-order valence-electron chi connectivity index (χ3n) is 1.50. The number of halogens is 1. The first-order valence-corrected chi connectivity index (χ1v) is 3.91. The van der Waals surface area contributed by atoms with E-state index in [1.807, 2.05) is 22.9 Å². The number of carboxylic acid groups (broad SMARTS) is 1. The zero-order chi connectivity index (χ0) is 7.72. The molecule has 58 valence electrons. The molecule has 1 rings (SSSR count). The number of rotatable bonds is 1. The third kappa shape index (κ3) is 1.58. The number of carboxylic acids is 1. The molecule has 0 saturated carbocycles. The molecule has 0 aliphatic carbocycles. The average molecular weight is 257 g/mol. The number of aliphatic carboxylic acids is 1. The van der Waals surface area contributed by atoms with Crippen LogP contribution in [0.4, 0.5) is 0 Å². The van der Waals surface area contributed by atoms with Crippen molar-refractivity contribution in [2.24, 2.45) is 0 Å². The molecule has 1 heterocycles. The first-order valence-electron chi connectivity index (χ1n) is 2.94. The molecule has 5 heteroatoms. The van der Waals surface area contributed by atoms with E-state index >= 15 is 0 Å². The molecule has 1 aliphatic heterocycles. The van der Waals surface area contributed by atoms with Crippen molar-refractivity contribution < 1.29 is 15.0 Å². The van der Waals surface area contributed by atoms with Gasteiger partial charge in [-0.2, -0.15) is 0 Å². The number of hydrogen-bond donors (Lipinski definition) is 2. The van der Waals surface area contributed by atoms with Crippen molar-refractivity contribution in [2.75, 3.05) is 6.54 Å². The van der Waals surface area contributed by atoms with Crippen LogP contribution in [0.3, 0.4) is 0 Å². The summed E-state index contributed by atoms with van der Waals surface area (Å²) in [6.07, 6.45) is -0.129.